The van der Waals surface area contributed by atoms with Crippen LogP contribution in [0.15, 0.2) is 22.8 Å². The number of Topliss-reactive ketones (excluding diaryl/α,β-unsaturated/α-hetero) is 1. The lowest BCUT2D eigenvalue weighted by Gasteiger charge is -2.54. The van der Waals surface area contributed by atoms with Crippen molar-refractivity contribution in [1.29, 1.82) is 0 Å². The largest absolute Gasteiger partial charge is 0.303 e. The van der Waals surface area contributed by atoms with Gasteiger partial charge < -0.3 is 4.79 Å². The highest BCUT2D eigenvalue weighted by molar-refractivity contribution is 6.23. The van der Waals surface area contributed by atoms with E-state index in [4.69, 9.17) is 0 Å². The molecule has 0 heterocycles. The minimum atomic E-state index is -0.378. The normalized spacial score (nSPS) is 37.4. The SMILES string of the molecule is CC(C)C1=CC(=O)C2=C(CCC3C(C)(C=O)CCCC23C)C1=O. The fourth-order valence-corrected chi connectivity index (χ4v) is 5.30. The second-order valence-electron chi connectivity index (χ2n) is 8.29. The highest BCUT2D eigenvalue weighted by atomic mass is 16.1. The third-order valence-corrected chi connectivity index (χ3v) is 6.49. The van der Waals surface area contributed by atoms with Crippen molar-refractivity contribution in [1.82, 2.24) is 0 Å². The van der Waals surface area contributed by atoms with E-state index in [0.717, 1.165) is 43.1 Å². The summed E-state index contributed by atoms with van der Waals surface area (Å²) in [6.45, 7) is 8.05. The number of hydrogen-bond acceptors (Lipinski definition) is 3. The predicted molar refractivity (Wildman–Crippen MR) is 88.8 cm³/mol. The minimum Gasteiger partial charge on any atom is -0.303 e. The summed E-state index contributed by atoms with van der Waals surface area (Å²) in [6, 6.07) is 0. The quantitative estimate of drug-likeness (QED) is 0.575. The van der Waals surface area contributed by atoms with Gasteiger partial charge in [0.2, 0.25) is 0 Å². The average Bonchev–Trinajstić information content (AvgIpc) is 2.49. The minimum absolute atomic E-state index is 0.00523. The van der Waals surface area contributed by atoms with Gasteiger partial charge in [0.1, 0.15) is 6.29 Å². The van der Waals surface area contributed by atoms with Gasteiger partial charge in [0.15, 0.2) is 11.6 Å². The third kappa shape index (κ3) is 2.20. The van der Waals surface area contributed by atoms with Gasteiger partial charge >= 0.3 is 0 Å². The van der Waals surface area contributed by atoms with Crippen molar-refractivity contribution in [2.75, 3.05) is 0 Å². The fraction of sp³-hybridized carbons (Fsp3) is 0.650. The van der Waals surface area contributed by atoms with Gasteiger partial charge in [-0.3, -0.25) is 9.59 Å². The topological polar surface area (TPSA) is 51.2 Å². The van der Waals surface area contributed by atoms with Crippen molar-refractivity contribution in [3.63, 3.8) is 0 Å². The molecule has 3 atom stereocenters. The van der Waals surface area contributed by atoms with Crippen molar-refractivity contribution in [2.45, 2.75) is 59.8 Å². The number of rotatable bonds is 2. The highest BCUT2D eigenvalue weighted by Crippen LogP contribution is 2.60. The molecule has 0 saturated heterocycles. The van der Waals surface area contributed by atoms with Gasteiger partial charge in [0.05, 0.1) is 0 Å². The lowest BCUT2D eigenvalue weighted by atomic mass is 9.48. The molecule has 3 nitrogen and oxygen atoms in total. The second kappa shape index (κ2) is 5.25. The molecule has 3 rings (SSSR count). The van der Waals surface area contributed by atoms with Crippen molar-refractivity contribution in [3.8, 4) is 0 Å². The van der Waals surface area contributed by atoms with E-state index in [1.807, 2.05) is 20.8 Å². The molecule has 1 saturated carbocycles. The Morgan fingerprint density at radius 1 is 1.22 bits per heavy atom. The molecular weight excluding hydrogens is 288 g/mol. The molecule has 3 aliphatic rings. The van der Waals surface area contributed by atoms with Crippen LogP contribution in [0.2, 0.25) is 0 Å². The van der Waals surface area contributed by atoms with Crippen LogP contribution in [-0.2, 0) is 14.4 Å². The van der Waals surface area contributed by atoms with Crippen LogP contribution in [-0.4, -0.2) is 17.9 Å². The van der Waals surface area contributed by atoms with Crippen molar-refractivity contribution >= 4 is 17.9 Å². The van der Waals surface area contributed by atoms with Gasteiger partial charge in [0.25, 0.3) is 0 Å². The van der Waals surface area contributed by atoms with Crippen LogP contribution in [0.5, 0.6) is 0 Å². The Bertz CT molecular complexity index is 652. The lowest BCUT2D eigenvalue weighted by molar-refractivity contribution is -0.127. The first-order chi connectivity index (χ1) is 10.7. The van der Waals surface area contributed by atoms with Gasteiger partial charge in [-0.15, -0.1) is 0 Å². The maximum absolute atomic E-state index is 12.9. The zero-order chi connectivity index (χ0) is 17.0. The summed E-state index contributed by atoms with van der Waals surface area (Å²) in [7, 11) is 0. The summed E-state index contributed by atoms with van der Waals surface area (Å²) >= 11 is 0. The van der Waals surface area contributed by atoms with E-state index in [1.54, 1.807) is 6.08 Å². The molecule has 3 unspecified atom stereocenters. The molecule has 23 heavy (non-hydrogen) atoms. The average molecular weight is 314 g/mol. The van der Waals surface area contributed by atoms with Crippen LogP contribution in [0.1, 0.15) is 59.8 Å². The molecule has 3 heteroatoms. The lowest BCUT2D eigenvalue weighted by Crippen LogP contribution is -2.50. The van der Waals surface area contributed by atoms with E-state index in [-0.39, 0.29) is 34.2 Å². The Kier molecular flexibility index (Phi) is 3.74. The fourth-order valence-electron chi connectivity index (χ4n) is 5.30. The molecular formula is C20H26O3. The molecule has 0 aromatic heterocycles. The molecule has 0 amide bonds. The first kappa shape index (κ1) is 16.4. The van der Waals surface area contributed by atoms with Gasteiger partial charge in [-0.2, -0.15) is 0 Å². The standard InChI is InChI=1S/C20H26O3/c1-12(2)14-10-15(22)17-13(18(14)23)6-7-16-19(3,11-21)8-5-9-20(16,17)4/h10-12,16H,5-9H2,1-4H3. The Labute approximate surface area is 138 Å². The number of carbonyl (C=O) groups is 3. The van der Waals surface area contributed by atoms with E-state index in [2.05, 4.69) is 6.92 Å². The first-order valence-corrected chi connectivity index (χ1v) is 8.75. The molecule has 0 aromatic carbocycles. The summed E-state index contributed by atoms with van der Waals surface area (Å²) in [4.78, 5) is 37.5. The van der Waals surface area contributed by atoms with Crippen LogP contribution in [0, 0.1) is 22.7 Å². The van der Waals surface area contributed by atoms with E-state index in [9.17, 15) is 14.4 Å². The van der Waals surface area contributed by atoms with E-state index < -0.39 is 0 Å². The van der Waals surface area contributed by atoms with E-state index in [0.29, 0.717) is 12.0 Å². The van der Waals surface area contributed by atoms with Gasteiger partial charge in [0, 0.05) is 27.5 Å². The zero-order valence-corrected chi connectivity index (χ0v) is 14.6. The molecule has 0 N–H and O–H groups in total. The number of allylic oxidation sites excluding steroid dienone is 4. The van der Waals surface area contributed by atoms with Crippen LogP contribution in [0.25, 0.3) is 0 Å². The summed E-state index contributed by atoms with van der Waals surface area (Å²) in [6.07, 6.45) is 6.82. The Morgan fingerprint density at radius 3 is 2.52 bits per heavy atom. The summed E-state index contributed by atoms with van der Waals surface area (Å²) in [5.41, 5.74) is 1.38. The van der Waals surface area contributed by atoms with E-state index in [1.165, 1.54) is 0 Å². The number of hydrogen-bond donors (Lipinski definition) is 0. The van der Waals surface area contributed by atoms with E-state index >= 15 is 0 Å². The molecule has 0 spiro atoms. The third-order valence-electron chi connectivity index (χ3n) is 6.49. The van der Waals surface area contributed by atoms with Crippen molar-refractivity contribution < 1.29 is 14.4 Å². The molecule has 0 bridgehead atoms. The highest BCUT2D eigenvalue weighted by Gasteiger charge is 2.55. The molecule has 1 fully saturated rings. The number of ketones is 2. The maximum Gasteiger partial charge on any atom is 0.185 e. The molecule has 124 valence electrons. The summed E-state index contributed by atoms with van der Waals surface area (Å²) in [5.74, 6) is 0.293. The zero-order valence-electron chi connectivity index (χ0n) is 14.6. The van der Waals surface area contributed by atoms with Crippen LogP contribution in [0.4, 0.5) is 0 Å². The Hall–Kier alpha value is -1.51. The van der Waals surface area contributed by atoms with Gasteiger partial charge in [-0.25, -0.2) is 0 Å². The van der Waals surface area contributed by atoms with Crippen LogP contribution in [0.3, 0.4) is 0 Å². The molecule has 3 aliphatic carbocycles. The number of fused-ring (bicyclic) bond motifs is 2. The van der Waals surface area contributed by atoms with Gasteiger partial charge in [-0.1, -0.05) is 34.1 Å². The van der Waals surface area contributed by atoms with Gasteiger partial charge in [-0.05, 0) is 43.6 Å². The molecule has 0 radical (unpaired) electrons. The molecule has 0 aliphatic heterocycles. The monoisotopic (exact) mass is 314 g/mol. The van der Waals surface area contributed by atoms with Crippen molar-refractivity contribution in [3.05, 3.63) is 22.8 Å². The number of aldehydes is 1. The Balaban J connectivity index is 2.11. The summed E-state index contributed by atoms with van der Waals surface area (Å²) in [5, 5.41) is 0. The number of carbonyl (C=O) groups excluding carboxylic acids is 3. The smallest absolute Gasteiger partial charge is 0.185 e. The van der Waals surface area contributed by atoms with Crippen molar-refractivity contribution in [2.24, 2.45) is 22.7 Å². The molecule has 0 aromatic rings. The summed E-state index contributed by atoms with van der Waals surface area (Å²) < 4.78 is 0. The first-order valence-electron chi connectivity index (χ1n) is 8.75. The van der Waals surface area contributed by atoms with Crippen LogP contribution >= 0.6 is 0 Å². The van der Waals surface area contributed by atoms with Crippen LogP contribution < -0.4 is 0 Å². The second-order valence-corrected chi connectivity index (χ2v) is 8.29. The predicted octanol–water partition coefficient (Wildman–Crippen LogP) is 3.82. The maximum atomic E-state index is 12.9. The Morgan fingerprint density at radius 2 is 1.91 bits per heavy atom.